The molecule has 110 valence electrons. The van der Waals surface area contributed by atoms with Crippen molar-refractivity contribution >= 4 is 11.1 Å². The van der Waals surface area contributed by atoms with E-state index in [4.69, 9.17) is 0 Å². The van der Waals surface area contributed by atoms with Crippen LogP contribution in [-0.2, 0) is 6.42 Å². The Bertz CT molecular complexity index is 853. The molecule has 2 aliphatic carbocycles. The summed E-state index contributed by atoms with van der Waals surface area (Å²) in [7, 11) is 0. The van der Waals surface area contributed by atoms with Crippen molar-refractivity contribution in [3.63, 3.8) is 0 Å². The van der Waals surface area contributed by atoms with Crippen LogP contribution >= 0.6 is 0 Å². The van der Waals surface area contributed by atoms with Crippen LogP contribution < -0.4 is 0 Å². The van der Waals surface area contributed by atoms with Gasteiger partial charge in [0.1, 0.15) is 0 Å². The molecule has 0 heterocycles. The van der Waals surface area contributed by atoms with Crippen molar-refractivity contribution in [3.8, 4) is 0 Å². The van der Waals surface area contributed by atoms with Gasteiger partial charge in [-0.15, -0.1) is 0 Å². The molecule has 0 atom stereocenters. The molecule has 0 aliphatic heterocycles. The highest BCUT2D eigenvalue weighted by atomic mass is 14.2. The second-order valence-electron chi connectivity index (χ2n) is 5.85. The maximum Gasteiger partial charge on any atom is -0.00194 e. The van der Waals surface area contributed by atoms with Crippen LogP contribution in [0.2, 0.25) is 0 Å². The summed E-state index contributed by atoms with van der Waals surface area (Å²) >= 11 is 0. The molecule has 0 unspecified atom stereocenters. The monoisotopic (exact) mass is 294 g/mol. The van der Waals surface area contributed by atoms with Gasteiger partial charge >= 0.3 is 0 Å². The van der Waals surface area contributed by atoms with E-state index in [1.165, 1.54) is 33.4 Å². The molecule has 0 nitrogen and oxygen atoms in total. The topological polar surface area (TPSA) is 0 Å². The zero-order valence-corrected chi connectivity index (χ0v) is 12.9. The molecule has 2 aromatic rings. The predicted octanol–water partition coefficient (Wildman–Crippen LogP) is 5.76. The largest absolute Gasteiger partial charge is 0.0622 e. The summed E-state index contributed by atoms with van der Waals surface area (Å²) in [6.07, 6.45) is 16.1. The predicted molar refractivity (Wildman–Crippen MR) is 98.9 cm³/mol. The lowest BCUT2D eigenvalue weighted by atomic mass is 9.98. The number of benzene rings is 2. The lowest BCUT2D eigenvalue weighted by molar-refractivity contribution is 1.29. The fourth-order valence-electron chi connectivity index (χ4n) is 3.21. The van der Waals surface area contributed by atoms with Gasteiger partial charge < -0.3 is 0 Å². The normalized spacial score (nSPS) is 15.6. The van der Waals surface area contributed by atoms with Gasteiger partial charge in [-0.3, -0.25) is 0 Å². The first-order chi connectivity index (χ1) is 11.4. The Morgan fingerprint density at radius 3 is 2.00 bits per heavy atom. The number of allylic oxidation sites excluding steroid dienone is 10. The van der Waals surface area contributed by atoms with Gasteiger partial charge in [0.2, 0.25) is 0 Å². The highest BCUT2D eigenvalue weighted by molar-refractivity contribution is 5.98. The zero-order chi connectivity index (χ0) is 15.5. The van der Waals surface area contributed by atoms with Gasteiger partial charge in [-0.2, -0.15) is 0 Å². The van der Waals surface area contributed by atoms with Gasteiger partial charge in [-0.05, 0) is 45.9 Å². The number of rotatable bonds is 2. The zero-order valence-electron chi connectivity index (χ0n) is 12.9. The first kappa shape index (κ1) is 13.8. The van der Waals surface area contributed by atoms with E-state index in [-0.39, 0.29) is 0 Å². The van der Waals surface area contributed by atoms with E-state index in [2.05, 4.69) is 97.1 Å². The Morgan fingerprint density at radius 2 is 1.26 bits per heavy atom. The van der Waals surface area contributed by atoms with Crippen LogP contribution in [0, 0.1) is 0 Å². The fourth-order valence-corrected chi connectivity index (χ4v) is 3.21. The molecule has 2 aliphatic rings. The second-order valence-corrected chi connectivity index (χ2v) is 5.85. The van der Waals surface area contributed by atoms with E-state index < -0.39 is 0 Å². The Hall–Kier alpha value is -2.86. The summed E-state index contributed by atoms with van der Waals surface area (Å²) in [6, 6.07) is 19.4. The molecule has 0 fully saturated rings. The highest BCUT2D eigenvalue weighted by Crippen LogP contribution is 2.39. The molecular weight excluding hydrogens is 276 g/mol. The van der Waals surface area contributed by atoms with Crippen LogP contribution in [-0.4, -0.2) is 0 Å². The van der Waals surface area contributed by atoms with Crippen LogP contribution in [0.3, 0.4) is 0 Å². The molecule has 0 bridgehead atoms. The molecule has 0 saturated heterocycles. The standard InChI is InChI=1S/C23H18/c1-2-7-13-19(12-6-1)23-17-20(16-18-10-4-3-5-11-18)21-14-8-9-15-22(21)23/h1-15,17H,16H2. The average Bonchev–Trinajstić information content (AvgIpc) is 2.78. The van der Waals surface area contributed by atoms with Crippen molar-refractivity contribution in [1.29, 1.82) is 0 Å². The van der Waals surface area contributed by atoms with E-state index in [1.807, 2.05) is 0 Å². The lowest BCUT2D eigenvalue weighted by Crippen LogP contribution is -1.89. The quantitative estimate of drug-likeness (QED) is 0.660. The van der Waals surface area contributed by atoms with E-state index in [0.717, 1.165) is 6.42 Å². The summed E-state index contributed by atoms with van der Waals surface area (Å²) in [5, 5.41) is 0. The van der Waals surface area contributed by atoms with E-state index >= 15 is 0 Å². The van der Waals surface area contributed by atoms with Crippen LogP contribution in [0.5, 0.6) is 0 Å². The third-order valence-electron chi connectivity index (χ3n) is 4.32. The minimum atomic E-state index is 0.973. The van der Waals surface area contributed by atoms with Crippen molar-refractivity contribution in [1.82, 2.24) is 0 Å². The summed E-state index contributed by atoms with van der Waals surface area (Å²) < 4.78 is 0. The molecule has 0 saturated carbocycles. The average molecular weight is 294 g/mol. The maximum atomic E-state index is 2.35. The summed E-state index contributed by atoms with van der Waals surface area (Å²) in [5.74, 6) is 0. The van der Waals surface area contributed by atoms with Crippen LogP contribution in [0.1, 0.15) is 16.7 Å². The van der Waals surface area contributed by atoms with E-state index in [9.17, 15) is 0 Å². The van der Waals surface area contributed by atoms with Crippen LogP contribution in [0.25, 0.3) is 11.1 Å². The minimum Gasteiger partial charge on any atom is -0.0622 e. The third-order valence-corrected chi connectivity index (χ3v) is 4.32. The molecule has 0 heteroatoms. The van der Waals surface area contributed by atoms with Crippen molar-refractivity contribution in [2.45, 2.75) is 6.42 Å². The van der Waals surface area contributed by atoms with Gasteiger partial charge in [-0.1, -0.05) is 91.1 Å². The lowest BCUT2D eigenvalue weighted by Gasteiger charge is -2.06. The van der Waals surface area contributed by atoms with Gasteiger partial charge in [0, 0.05) is 0 Å². The molecule has 23 heavy (non-hydrogen) atoms. The fraction of sp³-hybridized carbons (Fsp3) is 0.0435. The molecule has 0 aromatic heterocycles. The van der Waals surface area contributed by atoms with Gasteiger partial charge in [0.15, 0.2) is 0 Å². The van der Waals surface area contributed by atoms with Gasteiger partial charge in [-0.25, -0.2) is 0 Å². The third kappa shape index (κ3) is 2.76. The molecule has 0 spiro atoms. The molecule has 4 rings (SSSR count). The number of hydrogen-bond donors (Lipinski definition) is 0. The second kappa shape index (κ2) is 6.10. The molecule has 0 amide bonds. The summed E-state index contributed by atoms with van der Waals surface area (Å²) in [4.78, 5) is 0. The van der Waals surface area contributed by atoms with Crippen molar-refractivity contribution in [3.05, 3.63) is 119 Å². The first-order valence-corrected chi connectivity index (χ1v) is 8.02. The number of hydrogen-bond acceptors (Lipinski definition) is 0. The first-order valence-electron chi connectivity index (χ1n) is 8.02. The Kier molecular flexibility index (Phi) is 3.65. The molecule has 2 aromatic carbocycles. The molecule has 0 N–H and O–H groups in total. The van der Waals surface area contributed by atoms with Gasteiger partial charge in [0.05, 0.1) is 0 Å². The van der Waals surface area contributed by atoms with Crippen LogP contribution in [0.4, 0.5) is 0 Å². The smallest absolute Gasteiger partial charge is 0.00194 e. The summed E-state index contributed by atoms with van der Waals surface area (Å²) in [5.41, 5.74) is 8.04. The Labute approximate surface area is 137 Å². The van der Waals surface area contributed by atoms with Crippen molar-refractivity contribution in [2.24, 2.45) is 0 Å². The molecular formula is C23H18. The van der Waals surface area contributed by atoms with E-state index in [1.54, 1.807) is 0 Å². The Morgan fingerprint density at radius 1 is 0.609 bits per heavy atom. The van der Waals surface area contributed by atoms with Crippen LogP contribution in [0.15, 0.2) is 103 Å². The van der Waals surface area contributed by atoms with Gasteiger partial charge in [0.25, 0.3) is 0 Å². The molecule has 0 radical (unpaired) electrons. The SMILES string of the molecule is C1=CC=CC(=C2C=C(Cc3ccccc3)c3ccccc32)C=C1. The summed E-state index contributed by atoms with van der Waals surface area (Å²) in [6.45, 7) is 0. The highest BCUT2D eigenvalue weighted by Gasteiger charge is 2.19. The van der Waals surface area contributed by atoms with Crippen molar-refractivity contribution in [2.75, 3.05) is 0 Å². The minimum absolute atomic E-state index is 0.973. The van der Waals surface area contributed by atoms with E-state index in [0.29, 0.717) is 0 Å². The Balaban J connectivity index is 1.81. The maximum absolute atomic E-state index is 2.35. The van der Waals surface area contributed by atoms with Crippen molar-refractivity contribution < 1.29 is 0 Å². The number of fused-ring (bicyclic) bond motifs is 1.